The predicted octanol–water partition coefficient (Wildman–Crippen LogP) is 11.8. The van der Waals surface area contributed by atoms with Gasteiger partial charge in [-0.1, -0.05) is 134 Å². The van der Waals surface area contributed by atoms with Crippen molar-refractivity contribution in [3.63, 3.8) is 0 Å². The van der Waals surface area contributed by atoms with Crippen LogP contribution in [0, 0.1) is 0 Å². The number of carbonyl (C=O) groups excluding carboxylic acids is 3. The van der Waals surface area contributed by atoms with Gasteiger partial charge in [0.05, 0.1) is 19.6 Å². The molecule has 0 amide bonds. The number of nitrogens with zero attached hydrogens (tertiary/aromatic N) is 2. The molecule has 9 heteroatoms. The molecular weight excluding hydrogens is 751 g/mol. The summed E-state index contributed by atoms with van der Waals surface area (Å²) in [5.41, 5.74) is 0. The Morgan fingerprint density at radius 2 is 0.867 bits per heavy atom. The summed E-state index contributed by atoms with van der Waals surface area (Å²) >= 11 is 0. The van der Waals surface area contributed by atoms with Crippen molar-refractivity contribution >= 4 is 17.9 Å². The summed E-state index contributed by atoms with van der Waals surface area (Å²) in [4.78, 5) is 41.8. The minimum atomic E-state index is -0.189. The summed E-state index contributed by atoms with van der Waals surface area (Å²) < 4.78 is 16.7. The van der Waals surface area contributed by atoms with E-state index in [1.807, 2.05) is 0 Å². The van der Waals surface area contributed by atoms with Crippen molar-refractivity contribution in [2.45, 2.75) is 200 Å². The monoisotopic (exact) mass is 844 g/mol. The third-order valence-corrected chi connectivity index (χ3v) is 11.3. The fourth-order valence-corrected chi connectivity index (χ4v) is 7.39. The van der Waals surface area contributed by atoms with Crippen molar-refractivity contribution in [1.29, 1.82) is 0 Å². The van der Waals surface area contributed by atoms with Crippen LogP contribution in [0.5, 0.6) is 0 Å². The van der Waals surface area contributed by atoms with Gasteiger partial charge in [-0.15, -0.1) is 0 Å². The summed E-state index contributed by atoms with van der Waals surface area (Å²) in [5.74, 6) is -0.432. The topological polar surface area (TPSA) is 97.4 Å². The van der Waals surface area contributed by atoms with Crippen LogP contribution in [0.4, 0.5) is 0 Å². The average molecular weight is 844 g/mol. The lowest BCUT2D eigenvalue weighted by Crippen LogP contribution is -2.44. The number of rotatable bonds is 43. The predicted molar refractivity (Wildman–Crippen MR) is 251 cm³/mol. The Balaban J connectivity index is 2.20. The van der Waals surface area contributed by atoms with E-state index < -0.39 is 0 Å². The van der Waals surface area contributed by atoms with Crippen molar-refractivity contribution in [2.75, 3.05) is 72.2 Å². The fourth-order valence-electron chi connectivity index (χ4n) is 7.39. The van der Waals surface area contributed by atoms with E-state index in [0.29, 0.717) is 71.6 Å². The quantitative estimate of drug-likeness (QED) is 0.0278. The second kappa shape index (κ2) is 44.6. The molecule has 1 aliphatic heterocycles. The van der Waals surface area contributed by atoms with Gasteiger partial charge in [-0.2, -0.15) is 0 Å². The van der Waals surface area contributed by atoms with Crippen LogP contribution in [0.3, 0.4) is 0 Å². The SMILES string of the molecule is CCCCC/C=C\C/C=C\CCCCCCCC(=O)OCCCN(CCCOC(=O)CCCCCCCCCC/C=C\CCCCC)CCC(=O)OCCN1CCNCC1. The standard InChI is InChI=1S/C51H93N3O6/c1-3-5-7-9-11-13-15-17-19-21-23-25-27-29-31-35-49(55)58-46-33-40-53(42-37-51(57)60-48-45-54-43-38-52-39-44-54)41-34-47-59-50(56)36-32-30-28-26-24-22-20-18-16-14-12-10-8-6-4-2/h11-14,17,19,52H,3-10,15-16,18,20-48H2,1-2H3/b13-11-,14-12-,19-17-. The molecule has 0 saturated carbocycles. The van der Waals surface area contributed by atoms with Crippen LogP contribution in [0.25, 0.3) is 0 Å². The Kier molecular flexibility index (Phi) is 41.2. The van der Waals surface area contributed by atoms with Crippen LogP contribution in [-0.2, 0) is 28.6 Å². The van der Waals surface area contributed by atoms with Gasteiger partial charge >= 0.3 is 17.9 Å². The minimum Gasteiger partial charge on any atom is -0.466 e. The molecule has 1 rings (SSSR count). The molecule has 0 aromatic carbocycles. The number of piperazine rings is 1. The van der Waals surface area contributed by atoms with E-state index in [0.717, 1.165) is 77.7 Å². The highest BCUT2D eigenvalue weighted by Gasteiger charge is 2.13. The lowest BCUT2D eigenvalue weighted by Gasteiger charge is -2.26. The smallest absolute Gasteiger partial charge is 0.307 e. The highest BCUT2D eigenvalue weighted by molar-refractivity contribution is 5.70. The van der Waals surface area contributed by atoms with Gasteiger partial charge in [-0.25, -0.2) is 0 Å². The first-order valence-corrected chi connectivity index (χ1v) is 25.1. The van der Waals surface area contributed by atoms with Gasteiger partial charge in [0.25, 0.3) is 0 Å². The number of hydrogen-bond donors (Lipinski definition) is 1. The molecule has 348 valence electrons. The Labute approximate surface area is 369 Å². The van der Waals surface area contributed by atoms with Crippen molar-refractivity contribution in [3.8, 4) is 0 Å². The first kappa shape index (κ1) is 55.5. The summed E-state index contributed by atoms with van der Waals surface area (Å²) in [6, 6.07) is 0. The van der Waals surface area contributed by atoms with Gasteiger partial charge in [0.15, 0.2) is 0 Å². The van der Waals surface area contributed by atoms with Gasteiger partial charge in [0.2, 0.25) is 0 Å². The molecule has 60 heavy (non-hydrogen) atoms. The van der Waals surface area contributed by atoms with E-state index in [2.05, 4.69) is 65.4 Å². The summed E-state index contributed by atoms with van der Waals surface area (Å²) in [6.07, 6.45) is 45.3. The van der Waals surface area contributed by atoms with Crippen LogP contribution < -0.4 is 5.32 Å². The number of nitrogens with one attached hydrogen (secondary N) is 1. The molecule has 0 aromatic rings. The van der Waals surface area contributed by atoms with Gasteiger partial charge in [-0.3, -0.25) is 19.3 Å². The third-order valence-electron chi connectivity index (χ3n) is 11.3. The third kappa shape index (κ3) is 39.6. The zero-order chi connectivity index (χ0) is 43.2. The van der Waals surface area contributed by atoms with Crippen molar-refractivity contribution in [1.82, 2.24) is 15.1 Å². The van der Waals surface area contributed by atoms with Crippen LogP contribution in [0.15, 0.2) is 36.5 Å². The van der Waals surface area contributed by atoms with Crippen LogP contribution in [0.1, 0.15) is 200 Å². The van der Waals surface area contributed by atoms with E-state index in [1.165, 1.54) is 109 Å². The summed E-state index contributed by atoms with van der Waals surface area (Å²) in [5, 5.41) is 3.34. The van der Waals surface area contributed by atoms with E-state index in [-0.39, 0.29) is 17.9 Å². The second-order valence-corrected chi connectivity index (χ2v) is 16.9. The lowest BCUT2D eigenvalue weighted by atomic mass is 10.1. The summed E-state index contributed by atoms with van der Waals surface area (Å²) in [7, 11) is 0. The maximum absolute atomic E-state index is 12.6. The van der Waals surface area contributed by atoms with Gasteiger partial charge < -0.3 is 24.4 Å². The first-order valence-electron chi connectivity index (χ1n) is 25.1. The van der Waals surface area contributed by atoms with Gasteiger partial charge in [0, 0.05) is 65.2 Å². The zero-order valence-corrected chi connectivity index (χ0v) is 39.1. The molecular formula is C51H93N3O6. The molecule has 1 fully saturated rings. The molecule has 0 spiro atoms. The highest BCUT2D eigenvalue weighted by atomic mass is 16.5. The number of unbranched alkanes of at least 4 members (excludes halogenated alkanes) is 19. The Bertz CT molecular complexity index is 1070. The van der Waals surface area contributed by atoms with Crippen molar-refractivity contribution in [2.24, 2.45) is 0 Å². The molecule has 1 N–H and O–H groups in total. The second-order valence-electron chi connectivity index (χ2n) is 16.9. The lowest BCUT2D eigenvalue weighted by molar-refractivity contribution is -0.144. The average Bonchev–Trinajstić information content (AvgIpc) is 3.25. The molecule has 0 unspecified atom stereocenters. The Hall–Kier alpha value is -2.49. The van der Waals surface area contributed by atoms with E-state index in [1.54, 1.807) is 0 Å². The Morgan fingerprint density at radius 3 is 1.35 bits per heavy atom. The molecule has 1 aliphatic rings. The number of ether oxygens (including phenoxy) is 3. The van der Waals surface area contributed by atoms with Crippen LogP contribution in [0.2, 0.25) is 0 Å². The fraction of sp³-hybridized carbons (Fsp3) is 0.824. The molecule has 1 saturated heterocycles. The number of esters is 3. The van der Waals surface area contributed by atoms with Gasteiger partial charge in [0.1, 0.15) is 6.61 Å². The highest BCUT2D eigenvalue weighted by Crippen LogP contribution is 2.13. The molecule has 0 aliphatic carbocycles. The number of carbonyl (C=O) groups is 3. The zero-order valence-electron chi connectivity index (χ0n) is 39.1. The molecule has 0 bridgehead atoms. The largest absolute Gasteiger partial charge is 0.466 e. The number of hydrogen-bond acceptors (Lipinski definition) is 9. The number of allylic oxidation sites excluding steroid dienone is 6. The van der Waals surface area contributed by atoms with Gasteiger partial charge in [-0.05, 0) is 83.5 Å². The minimum absolute atomic E-state index is 0.117. The van der Waals surface area contributed by atoms with Crippen molar-refractivity contribution < 1.29 is 28.6 Å². The molecule has 1 heterocycles. The maximum atomic E-state index is 12.6. The van der Waals surface area contributed by atoms with Crippen molar-refractivity contribution in [3.05, 3.63) is 36.5 Å². The molecule has 0 aromatic heterocycles. The first-order chi connectivity index (χ1) is 29.5. The van der Waals surface area contributed by atoms with E-state index in [4.69, 9.17) is 14.2 Å². The Morgan fingerprint density at radius 1 is 0.467 bits per heavy atom. The van der Waals surface area contributed by atoms with Crippen LogP contribution in [-0.4, -0.2) is 99.9 Å². The maximum Gasteiger partial charge on any atom is 0.307 e. The van der Waals surface area contributed by atoms with E-state index in [9.17, 15) is 14.4 Å². The normalized spacial score (nSPS) is 13.7. The molecule has 0 atom stereocenters. The summed E-state index contributed by atoms with van der Waals surface area (Å²) in [6.45, 7) is 12.3. The molecule has 0 radical (unpaired) electrons. The van der Waals surface area contributed by atoms with E-state index >= 15 is 0 Å². The van der Waals surface area contributed by atoms with Crippen LogP contribution >= 0.6 is 0 Å². The molecule has 9 nitrogen and oxygen atoms in total.